The molecule has 5 nitrogen and oxygen atoms in total. The number of carbonyl (C=O) groups excluding carboxylic acids is 1. The number of benzene rings is 2. The van der Waals surface area contributed by atoms with E-state index < -0.39 is 17.5 Å². The molecule has 1 amide bonds. The van der Waals surface area contributed by atoms with Crippen LogP contribution in [0.15, 0.2) is 49.1 Å². The molecule has 0 fully saturated rings. The molecule has 2 aromatic carbocycles. The lowest BCUT2D eigenvalue weighted by Crippen LogP contribution is -2.32. The molecule has 0 aliphatic heterocycles. The van der Waals surface area contributed by atoms with Crippen LogP contribution in [0.3, 0.4) is 0 Å². The lowest BCUT2D eigenvalue weighted by molar-refractivity contribution is 0.0985. The summed E-state index contributed by atoms with van der Waals surface area (Å²) in [5.41, 5.74) is 3.13. The maximum atomic E-state index is 13.7. The van der Waals surface area contributed by atoms with Gasteiger partial charge in [-0.25, -0.2) is 18.7 Å². The Kier molecular flexibility index (Phi) is 5.59. The number of hydrogen-bond donors (Lipinski definition) is 0. The summed E-state index contributed by atoms with van der Waals surface area (Å²) in [4.78, 5) is 23.5. The van der Waals surface area contributed by atoms with E-state index in [4.69, 9.17) is 4.98 Å². The largest absolute Gasteiger partial charge is 0.337 e. The second kappa shape index (κ2) is 8.31. The van der Waals surface area contributed by atoms with Crippen molar-refractivity contribution in [3.8, 4) is 0 Å². The number of hydrogen-bond acceptors (Lipinski definition) is 4. The average molecular weight is 426 g/mol. The Hall–Kier alpha value is -3.13. The van der Waals surface area contributed by atoms with Gasteiger partial charge in [-0.15, -0.1) is 0 Å². The van der Waals surface area contributed by atoms with Crippen molar-refractivity contribution in [1.82, 2.24) is 14.5 Å². The molecule has 0 spiro atoms. The van der Waals surface area contributed by atoms with Crippen molar-refractivity contribution < 1.29 is 13.6 Å². The first-order valence-electron chi connectivity index (χ1n) is 9.53. The highest BCUT2D eigenvalue weighted by atomic mass is 32.1. The minimum absolute atomic E-state index is 0.0867. The van der Waals surface area contributed by atoms with E-state index >= 15 is 0 Å². The van der Waals surface area contributed by atoms with E-state index in [-0.39, 0.29) is 5.56 Å². The predicted molar refractivity (Wildman–Crippen MR) is 114 cm³/mol. The van der Waals surface area contributed by atoms with Gasteiger partial charge in [0.05, 0.1) is 16.5 Å². The standard InChI is InChI=1S/C22H20F2N4OS/c1-14-4-7-19-20(15(14)2)26-22(30-19)28(10-3-9-27-11-8-25-13-27)21(29)16-5-6-17(23)18(24)12-16/h4-8,11-13H,3,9-10H2,1-2H3. The highest BCUT2D eigenvalue weighted by Gasteiger charge is 2.23. The van der Waals surface area contributed by atoms with E-state index in [1.54, 1.807) is 17.4 Å². The van der Waals surface area contributed by atoms with Crippen LogP contribution in [0.1, 0.15) is 27.9 Å². The van der Waals surface area contributed by atoms with Crippen molar-refractivity contribution in [2.45, 2.75) is 26.8 Å². The van der Waals surface area contributed by atoms with Crippen molar-refractivity contribution in [2.24, 2.45) is 0 Å². The van der Waals surface area contributed by atoms with Gasteiger partial charge in [-0.3, -0.25) is 9.69 Å². The zero-order valence-corrected chi connectivity index (χ0v) is 17.4. The molecule has 0 bridgehead atoms. The van der Waals surface area contributed by atoms with Crippen LogP contribution in [0.5, 0.6) is 0 Å². The smallest absolute Gasteiger partial charge is 0.260 e. The fourth-order valence-electron chi connectivity index (χ4n) is 3.23. The Labute approximate surface area is 176 Å². The minimum Gasteiger partial charge on any atom is -0.337 e. The Balaban J connectivity index is 1.68. The Bertz CT molecular complexity index is 1200. The second-order valence-electron chi connectivity index (χ2n) is 7.09. The molecular formula is C22H20F2N4OS. The summed E-state index contributed by atoms with van der Waals surface area (Å²) in [5.74, 6) is -2.44. The van der Waals surface area contributed by atoms with Crippen molar-refractivity contribution in [3.05, 3.63) is 77.4 Å². The van der Waals surface area contributed by atoms with Gasteiger partial charge in [-0.1, -0.05) is 17.4 Å². The molecular weight excluding hydrogens is 406 g/mol. The van der Waals surface area contributed by atoms with Gasteiger partial charge in [-0.2, -0.15) is 0 Å². The summed E-state index contributed by atoms with van der Waals surface area (Å²) in [7, 11) is 0. The summed E-state index contributed by atoms with van der Waals surface area (Å²) < 4.78 is 30.0. The number of aryl methyl sites for hydroxylation is 3. The van der Waals surface area contributed by atoms with Gasteiger partial charge in [0.1, 0.15) is 0 Å². The SMILES string of the molecule is Cc1ccc2sc(N(CCCn3ccnc3)C(=O)c3ccc(F)c(F)c3)nc2c1C. The van der Waals surface area contributed by atoms with E-state index in [1.165, 1.54) is 17.4 Å². The van der Waals surface area contributed by atoms with Gasteiger partial charge in [0.25, 0.3) is 5.91 Å². The number of imidazole rings is 1. The van der Waals surface area contributed by atoms with Gasteiger partial charge in [0, 0.05) is 31.0 Å². The molecule has 0 N–H and O–H groups in total. The van der Waals surface area contributed by atoms with Crippen LogP contribution < -0.4 is 4.90 Å². The van der Waals surface area contributed by atoms with E-state index in [9.17, 15) is 13.6 Å². The lowest BCUT2D eigenvalue weighted by atomic mass is 10.1. The first-order valence-corrected chi connectivity index (χ1v) is 10.3. The van der Waals surface area contributed by atoms with Crippen molar-refractivity contribution in [1.29, 1.82) is 0 Å². The van der Waals surface area contributed by atoms with Crippen LogP contribution in [0, 0.1) is 25.5 Å². The van der Waals surface area contributed by atoms with Gasteiger partial charge < -0.3 is 4.57 Å². The quantitative estimate of drug-likeness (QED) is 0.430. The number of thiazole rings is 1. The van der Waals surface area contributed by atoms with E-state index in [0.717, 1.165) is 33.5 Å². The fourth-order valence-corrected chi connectivity index (χ4v) is 4.28. The first kappa shape index (κ1) is 20.2. The molecule has 0 saturated heterocycles. The number of nitrogens with zero attached hydrogens (tertiary/aromatic N) is 4. The number of fused-ring (bicyclic) bond motifs is 1. The number of amides is 1. The third-order valence-electron chi connectivity index (χ3n) is 5.07. The summed E-state index contributed by atoms with van der Waals surface area (Å²) in [6, 6.07) is 7.22. The molecule has 0 atom stereocenters. The van der Waals surface area contributed by atoms with Gasteiger partial charge >= 0.3 is 0 Å². The molecule has 2 heterocycles. The number of anilines is 1. The molecule has 4 rings (SSSR count). The van der Waals surface area contributed by atoms with Crippen LogP contribution in [0.25, 0.3) is 10.2 Å². The molecule has 0 aliphatic carbocycles. The van der Waals surface area contributed by atoms with Crippen molar-refractivity contribution in [3.63, 3.8) is 0 Å². The minimum atomic E-state index is -1.05. The average Bonchev–Trinajstić information content (AvgIpc) is 3.40. The van der Waals surface area contributed by atoms with Crippen LogP contribution in [-0.2, 0) is 6.54 Å². The Morgan fingerprint density at radius 2 is 2.00 bits per heavy atom. The molecule has 0 radical (unpaired) electrons. The number of carbonyl (C=O) groups is 1. The molecule has 0 aliphatic rings. The molecule has 8 heteroatoms. The van der Waals surface area contributed by atoms with Crippen molar-refractivity contribution >= 4 is 32.6 Å². The first-order chi connectivity index (χ1) is 14.4. The monoisotopic (exact) mass is 426 g/mol. The zero-order valence-electron chi connectivity index (χ0n) is 16.6. The summed E-state index contributed by atoms with van der Waals surface area (Å²) in [6.45, 7) is 5.07. The van der Waals surface area contributed by atoms with Gasteiger partial charge in [-0.05, 0) is 55.7 Å². The number of halogens is 2. The molecule has 154 valence electrons. The van der Waals surface area contributed by atoms with E-state index in [1.807, 2.05) is 36.7 Å². The molecule has 30 heavy (non-hydrogen) atoms. The molecule has 0 unspecified atom stereocenters. The number of rotatable bonds is 6. The van der Waals surface area contributed by atoms with Crippen LogP contribution in [0.2, 0.25) is 0 Å². The van der Waals surface area contributed by atoms with Crippen LogP contribution in [0.4, 0.5) is 13.9 Å². The van der Waals surface area contributed by atoms with E-state index in [2.05, 4.69) is 4.98 Å². The summed E-state index contributed by atoms with van der Waals surface area (Å²) in [5, 5.41) is 0.541. The third-order valence-corrected chi connectivity index (χ3v) is 6.12. The van der Waals surface area contributed by atoms with Gasteiger partial charge in [0.15, 0.2) is 16.8 Å². The predicted octanol–water partition coefficient (Wildman–Crippen LogP) is 5.12. The highest BCUT2D eigenvalue weighted by molar-refractivity contribution is 7.22. The van der Waals surface area contributed by atoms with E-state index in [0.29, 0.717) is 24.6 Å². The molecule has 2 aromatic heterocycles. The zero-order chi connectivity index (χ0) is 21.3. The van der Waals surface area contributed by atoms with Crippen molar-refractivity contribution in [2.75, 3.05) is 11.4 Å². The topological polar surface area (TPSA) is 51.0 Å². The number of aromatic nitrogens is 3. The second-order valence-corrected chi connectivity index (χ2v) is 8.10. The molecule has 0 saturated carbocycles. The maximum Gasteiger partial charge on any atom is 0.260 e. The van der Waals surface area contributed by atoms with Gasteiger partial charge in [0.2, 0.25) is 0 Å². The van der Waals surface area contributed by atoms with Crippen LogP contribution in [-0.4, -0.2) is 27.0 Å². The Morgan fingerprint density at radius 1 is 1.17 bits per heavy atom. The normalized spacial score (nSPS) is 11.2. The highest BCUT2D eigenvalue weighted by Crippen LogP contribution is 2.33. The third kappa shape index (κ3) is 3.95. The summed E-state index contributed by atoms with van der Waals surface area (Å²) >= 11 is 1.41. The molecule has 4 aromatic rings. The summed E-state index contributed by atoms with van der Waals surface area (Å²) in [6.07, 6.45) is 5.92. The fraction of sp³-hybridized carbons (Fsp3) is 0.227. The van der Waals surface area contributed by atoms with Crippen LogP contribution >= 0.6 is 11.3 Å². The maximum absolute atomic E-state index is 13.7. The lowest BCUT2D eigenvalue weighted by Gasteiger charge is -2.20. The Morgan fingerprint density at radius 3 is 2.73 bits per heavy atom.